The quantitative estimate of drug-likeness (QED) is 0.215. The molecule has 33 heavy (non-hydrogen) atoms. The van der Waals surface area contributed by atoms with E-state index < -0.39 is 0 Å². The van der Waals surface area contributed by atoms with Crippen molar-refractivity contribution in [1.82, 2.24) is 9.97 Å². The summed E-state index contributed by atoms with van der Waals surface area (Å²) in [4.78, 5) is 12.4. The molecular formula is C26H23N5OS. The number of anilines is 1. The molecule has 0 aliphatic heterocycles. The molecule has 2 heterocycles. The lowest BCUT2D eigenvalue weighted by molar-refractivity contribution is 0.306. The van der Waals surface area contributed by atoms with Crippen LogP contribution >= 0.6 is 11.3 Å². The molecule has 0 unspecified atom stereocenters. The summed E-state index contributed by atoms with van der Waals surface area (Å²) in [5.41, 5.74) is 11.2. The van der Waals surface area contributed by atoms with E-state index in [4.69, 9.17) is 15.5 Å². The lowest BCUT2D eigenvalue weighted by Gasteiger charge is -2.07. The van der Waals surface area contributed by atoms with Gasteiger partial charge in [0.2, 0.25) is 0 Å². The summed E-state index contributed by atoms with van der Waals surface area (Å²) in [7, 11) is 0. The third-order valence-electron chi connectivity index (χ3n) is 5.19. The number of hydrogen-bond acceptors (Lipinski definition) is 4. The Morgan fingerprint density at radius 1 is 1.00 bits per heavy atom. The van der Waals surface area contributed by atoms with Gasteiger partial charge in [-0.3, -0.25) is 0 Å². The number of nitrogens with one attached hydrogen (secondary N) is 2. The summed E-state index contributed by atoms with van der Waals surface area (Å²) < 4.78 is 6.01. The number of fused-ring (bicyclic) bond motifs is 1. The first-order valence-corrected chi connectivity index (χ1v) is 11.5. The Balaban J connectivity index is 1.30. The zero-order valence-electron chi connectivity index (χ0n) is 17.9. The molecule has 4 N–H and O–H groups in total. The number of H-pyrrole nitrogens is 1. The molecule has 7 heteroatoms. The summed E-state index contributed by atoms with van der Waals surface area (Å²) in [6.45, 7) is 1.05. The maximum Gasteiger partial charge on any atom is 0.195 e. The van der Waals surface area contributed by atoms with Crippen molar-refractivity contribution in [1.29, 1.82) is 0 Å². The molecule has 0 bridgehead atoms. The highest BCUT2D eigenvalue weighted by Gasteiger charge is 2.12. The Kier molecular flexibility index (Phi) is 6.04. The number of thiazole rings is 1. The third kappa shape index (κ3) is 5.05. The predicted octanol–water partition coefficient (Wildman–Crippen LogP) is 5.80. The number of ether oxygens (including phenoxy) is 1. The summed E-state index contributed by atoms with van der Waals surface area (Å²) in [6.07, 6.45) is 1.97. The molecule has 164 valence electrons. The summed E-state index contributed by atoms with van der Waals surface area (Å²) in [5.74, 6) is 1.16. The van der Waals surface area contributed by atoms with Crippen LogP contribution < -0.4 is 15.8 Å². The van der Waals surface area contributed by atoms with Crippen LogP contribution in [0.4, 0.5) is 5.13 Å². The number of rotatable bonds is 7. The molecule has 0 amide bonds. The van der Waals surface area contributed by atoms with Gasteiger partial charge in [-0.15, -0.1) is 11.3 Å². The van der Waals surface area contributed by atoms with Crippen LogP contribution in [-0.2, 0) is 13.2 Å². The molecular weight excluding hydrogens is 430 g/mol. The molecule has 5 aromatic rings. The van der Waals surface area contributed by atoms with Crippen molar-refractivity contribution in [3.63, 3.8) is 0 Å². The van der Waals surface area contributed by atoms with E-state index in [1.165, 1.54) is 11.3 Å². The first-order valence-electron chi connectivity index (χ1n) is 10.6. The lowest BCUT2D eigenvalue weighted by atomic mass is 10.1. The van der Waals surface area contributed by atoms with Crippen molar-refractivity contribution in [3.8, 4) is 17.0 Å². The monoisotopic (exact) mass is 453 g/mol. The molecule has 0 aliphatic rings. The molecule has 5 rings (SSSR count). The number of aliphatic imine (C=N–C) groups is 1. The van der Waals surface area contributed by atoms with Gasteiger partial charge >= 0.3 is 0 Å². The Morgan fingerprint density at radius 3 is 2.55 bits per heavy atom. The van der Waals surface area contributed by atoms with Crippen LogP contribution in [0.25, 0.3) is 22.2 Å². The van der Waals surface area contributed by atoms with E-state index in [2.05, 4.69) is 27.4 Å². The number of nitrogens with zero attached hydrogens (tertiary/aromatic N) is 2. The Bertz CT molecular complexity index is 1380. The first-order chi connectivity index (χ1) is 16.2. The number of hydrogen-bond donors (Lipinski definition) is 3. The van der Waals surface area contributed by atoms with E-state index in [0.717, 1.165) is 39.0 Å². The highest BCUT2D eigenvalue weighted by atomic mass is 32.1. The van der Waals surface area contributed by atoms with Gasteiger partial charge in [0.25, 0.3) is 0 Å². The van der Waals surface area contributed by atoms with E-state index in [9.17, 15) is 0 Å². The number of benzene rings is 3. The van der Waals surface area contributed by atoms with Gasteiger partial charge in [-0.05, 0) is 29.3 Å². The predicted molar refractivity (Wildman–Crippen MR) is 136 cm³/mol. The normalized spacial score (nSPS) is 11.6. The van der Waals surface area contributed by atoms with Gasteiger partial charge in [0.05, 0.1) is 12.2 Å². The molecule has 0 aliphatic carbocycles. The Hall–Kier alpha value is -4.10. The van der Waals surface area contributed by atoms with Gasteiger partial charge in [-0.1, -0.05) is 60.7 Å². The number of aromatic amines is 1. The van der Waals surface area contributed by atoms with Crippen molar-refractivity contribution < 1.29 is 4.74 Å². The van der Waals surface area contributed by atoms with Gasteiger partial charge in [0.15, 0.2) is 11.1 Å². The van der Waals surface area contributed by atoms with E-state index >= 15 is 0 Å². The smallest absolute Gasteiger partial charge is 0.195 e. The van der Waals surface area contributed by atoms with Crippen LogP contribution in [-0.4, -0.2) is 15.9 Å². The maximum atomic E-state index is 6.06. The maximum absolute atomic E-state index is 6.06. The Labute approximate surface area is 195 Å². The molecule has 0 saturated heterocycles. The molecule has 6 nitrogen and oxygen atoms in total. The zero-order valence-corrected chi connectivity index (χ0v) is 18.7. The zero-order chi connectivity index (χ0) is 22.5. The van der Waals surface area contributed by atoms with Crippen LogP contribution in [0, 0.1) is 0 Å². The van der Waals surface area contributed by atoms with Crippen LogP contribution in [0.2, 0.25) is 0 Å². The average molecular weight is 454 g/mol. The highest BCUT2D eigenvalue weighted by molar-refractivity contribution is 7.14. The van der Waals surface area contributed by atoms with E-state index in [0.29, 0.717) is 24.2 Å². The molecule has 0 saturated carbocycles. The second kappa shape index (κ2) is 9.58. The van der Waals surface area contributed by atoms with Crippen LogP contribution in [0.15, 0.2) is 95.4 Å². The van der Waals surface area contributed by atoms with Crippen LogP contribution in [0.1, 0.15) is 11.1 Å². The fraction of sp³-hybridized carbons (Fsp3) is 0.0769. The van der Waals surface area contributed by atoms with Crippen molar-refractivity contribution >= 4 is 33.3 Å². The van der Waals surface area contributed by atoms with Gasteiger partial charge in [-0.2, -0.15) is 0 Å². The summed E-state index contributed by atoms with van der Waals surface area (Å²) in [6, 6.07) is 26.2. The number of aromatic nitrogens is 2. The highest BCUT2D eigenvalue weighted by Crippen LogP contribution is 2.33. The minimum Gasteiger partial charge on any atom is -0.489 e. The molecule has 0 fully saturated rings. The summed E-state index contributed by atoms with van der Waals surface area (Å²) >= 11 is 1.49. The van der Waals surface area contributed by atoms with Crippen molar-refractivity contribution in [3.05, 3.63) is 102 Å². The molecule has 0 atom stereocenters. The second-order valence-electron chi connectivity index (χ2n) is 7.53. The van der Waals surface area contributed by atoms with Crippen molar-refractivity contribution in [2.24, 2.45) is 10.7 Å². The van der Waals surface area contributed by atoms with Gasteiger partial charge < -0.3 is 20.8 Å². The molecule has 2 aromatic heterocycles. The minimum atomic E-state index is 0.343. The minimum absolute atomic E-state index is 0.343. The SMILES string of the molecule is NC(=NCc1ccccc1)Nc1nc(-c2c[nH]c3ccc(OCc4ccccc4)cc23)cs1. The van der Waals surface area contributed by atoms with E-state index in [1.54, 1.807) is 0 Å². The number of nitrogens with two attached hydrogens (primary N) is 1. The largest absolute Gasteiger partial charge is 0.489 e. The average Bonchev–Trinajstić information content (AvgIpc) is 3.49. The Morgan fingerprint density at radius 2 is 1.76 bits per heavy atom. The topological polar surface area (TPSA) is 88.3 Å². The van der Waals surface area contributed by atoms with Crippen molar-refractivity contribution in [2.45, 2.75) is 13.2 Å². The first kappa shape index (κ1) is 20.8. The van der Waals surface area contributed by atoms with Crippen molar-refractivity contribution in [2.75, 3.05) is 5.32 Å². The van der Waals surface area contributed by atoms with Crippen LogP contribution in [0.3, 0.4) is 0 Å². The van der Waals surface area contributed by atoms with E-state index in [-0.39, 0.29) is 0 Å². The lowest BCUT2D eigenvalue weighted by Crippen LogP contribution is -2.22. The molecule has 0 radical (unpaired) electrons. The summed E-state index contributed by atoms with van der Waals surface area (Å²) in [5, 5.41) is 6.86. The van der Waals surface area contributed by atoms with Gasteiger partial charge in [0, 0.05) is 28.0 Å². The fourth-order valence-corrected chi connectivity index (χ4v) is 4.22. The number of guanidine groups is 1. The molecule has 0 spiro atoms. The standard InChI is InChI=1S/C26H23N5OS/c27-25(29-14-18-7-3-1-4-8-18)31-26-30-24(17-33-26)22-15-28-23-12-11-20(13-21(22)23)32-16-19-9-5-2-6-10-19/h1-13,15,17,28H,14,16H2,(H3,27,29,30,31). The second-order valence-corrected chi connectivity index (χ2v) is 8.39. The third-order valence-corrected chi connectivity index (χ3v) is 5.95. The van der Waals surface area contributed by atoms with E-state index in [1.807, 2.05) is 78.3 Å². The van der Waals surface area contributed by atoms with Gasteiger partial charge in [-0.25, -0.2) is 9.98 Å². The van der Waals surface area contributed by atoms with Gasteiger partial charge in [0.1, 0.15) is 12.4 Å². The molecule has 3 aromatic carbocycles. The van der Waals surface area contributed by atoms with Crippen LogP contribution in [0.5, 0.6) is 5.75 Å². The fourth-order valence-electron chi connectivity index (χ4n) is 3.51.